The predicted molar refractivity (Wildman–Crippen MR) is 113 cm³/mol. The van der Waals surface area contributed by atoms with Crippen LogP contribution < -0.4 is 10.6 Å². The Morgan fingerprint density at radius 1 is 1.11 bits per heavy atom. The SMILES string of the molecule is COC(=O)C(CSCc1ccccc1)NC(=S)NC(=O)c1ccc(C)cc1. The molecule has 0 aromatic heterocycles. The molecule has 1 unspecified atom stereocenters. The quantitative estimate of drug-likeness (QED) is 0.548. The monoisotopic (exact) mass is 402 g/mol. The molecule has 1 atom stereocenters. The van der Waals surface area contributed by atoms with Crippen molar-refractivity contribution in [2.24, 2.45) is 0 Å². The molecule has 0 aliphatic carbocycles. The standard InChI is InChI=1S/C20H22N2O3S2/c1-14-8-10-16(11-9-14)18(23)22-20(26)21-17(19(24)25-2)13-27-12-15-6-4-3-5-7-15/h3-11,17H,12-13H2,1-2H3,(H2,21,22,23,26). The number of thiocarbonyl (C=S) groups is 1. The average molecular weight is 403 g/mol. The Morgan fingerprint density at radius 2 is 1.78 bits per heavy atom. The third kappa shape index (κ3) is 7.03. The number of hydrogen-bond acceptors (Lipinski definition) is 5. The fourth-order valence-electron chi connectivity index (χ4n) is 2.25. The number of rotatable bonds is 7. The molecule has 0 radical (unpaired) electrons. The van der Waals surface area contributed by atoms with Crippen molar-refractivity contribution in [2.75, 3.05) is 12.9 Å². The van der Waals surface area contributed by atoms with Crippen LogP contribution in [0, 0.1) is 6.92 Å². The minimum Gasteiger partial charge on any atom is -0.467 e. The molecule has 2 aromatic rings. The van der Waals surface area contributed by atoms with Crippen LogP contribution >= 0.6 is 24.0 Å². The van der Waals surface area contributed by atoms with Gasteiger partial charge in [0.15, 0.2) is 5.11 Å². The molecule has 7 heteroatoms. The number of amides is 1. The average Bonchev–Trinajstić information content (AvgIpc) is 2.67. The molecule has 0 heterocycles. The fraction of sp³-hybridized carbons (Fsp3) is 0.250. The van der Waals surface area contributed by atoms with Crippen molar-refractivity contribution in [3.63, 3.8) is 0 Å². The summed E-state index contributed by atoms with van der Waals surface area (Å²) in [6.07, 6.45) is 0. The maximum Gasteiger partial charge on any atom is 0.329 e. The number of carbonyl (C=O) groups excluding carboxylic acids is 2. The van der Waals surface area contributed by atoms with Crippen LogP contribution in [0.1, 0.15) is 21.5 Å². The summed E-state index contributed by atoms with van der Waals surface area (Å²) >= 11 is 6.76. The Morgan fingerprint density at radius 3 is 2.41 bits per heavy atom. The first-order valence-electron chi connectivity index (χ1n) is 8.37. The molecule has 5 nitrogen and oxygen atoms in total. The van der Waals surface area contributed by atoms with E-state index in [0.29, 0.717) is 11.3 Å². The van der Waals surface area contributed by atoms with Gasteiger partial charge in [0.2, 0.25) is 0 Å². The first kappa shape index (κ1) is 20.9. The van der Waals surface area contributed by atoms with E-state index >= 15 is 0 Å². The Hall–Kier alpha value is -2.38. The van der Waals surface area contributed by atoms with Gasteiger partial charge in [0.25, 0.3) is 5.91 Å². The van der Waals surface area contributed by atoms with Gasteiger partial charge < -0.3 is 10.1 Å². The number of hydrogen-bond donors (Lipinski definition) is 2. The molecule has 0 spiro atoms. The molecule has 0 bridgehead atoms. The number of benzene rings is 2. The van der Waals surface area contributed by atoms with Crippen LogP contribution in [0.15, 0.2) is 54.6 Å². The third-order valence-corrected chi connectivity index (χ3v) is 5.05. The summed E-state index contributed by atoms with van der Waals surface area (Å²) in [7, 11) is 1.33. The Labute approximate surface area is 168 Å². The largest absolute Gasteiger partial charge is 0.467 e. The summed E-state index contributed by atoms with van der Waals surface area (Å²) in [5.74, 6) is 0.469. The van der Waals surface area contributed by atoms with Crippen molar-refractivity contribution < 1.29 is 14.3 Å². The van der Waals surface area contributed by atoms with E-state index in [1.165, 1.54) is 12.7 Å². The van der Waals surface area contributed by atoms with E-state index in [4.69, 9.17) is 17.0 Å². The second-order valence-electron chi connectivity index (χ2n) is 5.87. The van der Waals surface area contributed by atoms with Crippen LogP contribution in [0.25, 0.3) is 0 Å². The number of aryl methyl sites for hydroxylation is 1. The number of thioether (sulfide) groups is 1. The number of methoxy groups -OCH3 is 1. The maximum absolute atomic E-state index is 12.2. The van der Waals surface area contributed by atoms with Crippen molar-refractivity contribution in [2.45, 2.75) is 18.7 Å². The Balaban J connectivity index is 1.88. The van der Waals surface area contributed by atoms with Gasteiger partial charge in [-0.15, -0.1) is 0 Å². The summed E-state index contributed by atoms with van der Waals surface area (Å²) in [4.78, 5) is 24.2. The number of nitrogens with one attached hydrogen (secondary N) is 2. The van der Waals surface area contributed by atoms with E-state index < -0.39 is 12.0 Å². The van der Waals surface area contributed by atoms with Gasteiger partial charge in [-0.2, -0.15) is 11.8 Å². The lowest BCUT2D eigenvalue weighted by atomic mass is 10.1. The fourth-order valence-corrected chi connectivity index (χ4v) is 3.49. The zero-order valence-electron chi connectivity index (χ0n) is 15.2. The normalized spacial score (nSPS) is 11.3. The molecule has 0 aliphatic heterocycles. The molecule has 2 aromatic carbocycles. The number of esters is 1. The molecule has 0 saturated heterocycles. The molecule has 2 N–H and O–H groups in total. The topological polar surface area (TPSA) is 67.4 Å². The highest BCUT2D eigenvalue weighted by Gasteiger charge is 2.21. The van der Waals surface area contributed by atoms with E-state index in [1.54, 1.807) is 23.9 Å². The maximum atomic E-state index is 12.2. The van der Waals surface area contributed by atoms with Gasteiger partial charge in [-0.1, -0.05) is 48.0 Å². The summed E-state index contributed by atoms with van der Waals surface area (Å²) in [5.41, 5.74) is 2.73. The van der Waals surface area contributed by atoms with Gasteiger partial charge in [-0.3, -0.25) is 10.1 Å². The van der Waals surface area contributed by atoms with Gasteiger partial charge in [0.1, 0.15) is 6.04 Å². The molecule has 0 fully saturated rings. The highest BCUT2D eigenvalue weighted by molar-refractivity contribution is 7.98. The number of carbonyl (C=O) groups is 2. The molecule has 0 saturated carbocycles. The highest BCUT2D eigenvalue weighted by atomic mass is 32.2. The van der Waals surface area contributed by atoms with E-state index in [0.717, 1.165) is 11.3 Å². The zero-order valence-corrected chi connectivity index (χ0v) is 16.9. The molecular weight excluding hydrogens is 380 g/mol. The lowest BCUT2D eigenvalue weighted by Gasteiger charge is -2.18. The van der Waals surface area contributed by atoms with Crippen LogP contribution in [-0.2, 0) is 15.3 Å². The lowest BCUT2D eigenvalue weighted by molar-refractivity contribution is -0.142. The second kappa shape index (κ2) is 10.7. The molecular formula is C20H22N2O3S2. The van der Waals surface area contributed by atoms with Crippen molar-refractivity contribution in [3.8, 4) is 0 Å². The third-order valence-electron chi connectivity index (χ3n) is 3.73. The van der Waals surface area contributed by atoms with Gasteiger partial charge >= 0.3 is 5.97 Å². The van der Waals surface area contributed by atoms with Gasteiger partial charge in [0.05, 0.1) is 7.11 Å². The Bertz CT molecular complexity index is 780. The number of ether oxygens (including phenoxy) is 1. The molecule has 27 heavy (non-hydrogen) atoms. The summed E-state index contributed by atoms with van der Waals surface area (Å²) < 4.78 is 4.83. The van der Waals surface area contributed by atoms with E-state index in [1.807, 2.05) is 49.4 Å². The summed E-state index contributed by atoms with van der Waals surface area (Å²) in [6, 6.07) is 16.5. The van der Waals surface area contributed by atoms with Crippen LogP contribution in [0.2, 0.25) is 0 Å². The van der Waals surface area contributed by atoms with Crippen LogP contribution in [0.4, 0.5) is 0 Å². The summed E-state index contributed by atoms with van der Waals surface area (Å²) in [5, 5.41) is 5.56. The predicted octanol–water partition coefficient (Wildman–Crippen LogP) is 3.07. The van der Waals surface area contributed by atoms with Gasteiger partial charge in [-0.25, -0.2) is 4.79 Å². The minimum atomic E-state index is -0.644. The van der Waals surface area contributed by atoms with Crippen molar-refractivity contribution in [1.29, 1.82) is 0 Å². The van der Waals surface area contributed by atoms with Crippen molar-refractivity contribution >= 4 is 41.0 Å². The van der Waals surface area contributed by atoms with Gasteiger partial charge in [-0.05, 0) is 36.8 Å². The van der Waals surface area contributed by atoms with Crippen LogP contribution in [0.5, 0.6) is 0 Å². The summed E-state index contributed by atoms with van der Waals surface area (Å²) in [6.45, 7) is 1.95. The van der Waals surface area contributed by atoms with Gasteiger partial charge in [0, 0.05) is 17.1 Å². The van der Waals surface area contributed by atoms with Crippen molar-refractivity contribution in [3.05, 3.63) is 71.3 Å². The first-order valence-corrected chi connectivity index (χ1v) is 9.94. The molecule has 2 rings (SSSR count). The van der Waals surface area contributed by atoms with E-state index in [9.17, 15) is 9.59 Å². The smallest absolute Gasteiger partial charge is 0.329 e. The second-order valence-corrected chi connectivity index (χ2v) is 7.31. The minimum absolute atomic E-state index is 0.0938. The lowest BCUT2D eigenvalue weighted by Crippen LogP contribution is -2.49. The van der Waals surface area contributed by atoms with Crippen LogP contribution in [0.3, 0.4) is 0 Å². The first-order chi connectivity index (χ1) is 13.0. The zero-order chi connectivity index (χ0) is 19.6. The van der Waals surface area contributed by atoms with E-state index in [2.05, 4.69) is 10.6 Å². The molecule has 0 aliphatic rings. The highest BCUT2D eigenvalue weighted by Crippen LogP contribution is 2.13. The Kier molecular flexibility index (Phi) is 8.29. The van der Waals surface area contributed by atoms with Crippen molar-refractivity contribution in [1.82, 2.24) is 10.6 Å². The van der Waals surface area contributed by atoms with E-state index in [-0.39, 0.29) is 11.0 Å². The molecule has 142 valence electrons. The van der Waals surface area contributed by atoms with Crippen LogP contribution in [-0.4, -0.2) is 35.9 Å². The molecule has 1 amide bonds.